The van der Waals surface area contributed by atoms with Crippen LogP contribution in [0.15, 0.2) is 29.8 Å². The molecule has 1 unspecified atom stereocenters. The molecule has 0 amide bonds. The summed E-state index contributed by atoms with van der Waals surface area (Å²) in [7, 11) is 0. The quantitative estimate of drug-likeness (QED) is 0.375. The fourth-order valence-corrected chi connectivity index (χ4v) is 5.46. The van der Waals surface area contributed by atoms with Gasteiger partial charge in [0.25, 0.3) is 0 Å². The van der Waals surface area contributed by atoms with Crippen molar-refractivity contribution in [1.82, 2.24) is 0 Å². The number of benzene rings is 1. The van der Waals surface area contributed by atoms with Crippen LogP contribution >= 0.6 is 0 Å². The molecule has 0 aliphatic heterocycles. The molecule has 1 fully saturated rings. The van der Waals surface area contributed by atoms with Gasteiger partial charge in [-0.05, 0) is 79.9 Å². The van der Waals surface area contributed by atoms with Crippen LogP contribution in [0, 0.1) is 23.6 Å². The summed E-state index contributed by atoms with van der Waals surface area (Å²) >= 11 is 0. The fourth-order valence-electron chi connectivity index (χ4n) is 5.46. The van der Waals surface area contributed by atoms with Gasteiger partial charge in [0.15, 0.2) is 0 Å². The Morgan fingerprint density at radius 1 is 0.857 bits per heavy atom. The molecule has 0 N–H and O–H groups in total. The Morgan fingerprint density at radius 3 is 2.18 bits per heavy atom. The Labute approximate surface area is 173 Å². The Balaban J connectivity index is 1.35. The lowest BCUT2D eigenvalue weighted by atomic mass is 9.76. The number of halogens is 1. The summed E-state index contributed by atoms with van der Waals surface area (Å²) in [5.74, 6) is 2.94. The van der Waals surface area contributed by atoms with Crippen LogP contribution in [0.25, 0.3) is 0 Å². The van der Waals surface area contributed by atoms with Gasteiger partial charge >= 0.3 is 0 Å². The minimum absolute atomic E-state index is 0.0265. The summed E-state index contributed by atoms with van der Waals surface area (Å²) in [4.78, 5) is 0. The summed E-state index contributed by atoms with van der Waals surface area (Å²) in [6, 6.07) is 5.83. The highest BCUT2D eigenvalue weighted by molar-refractivity contribution is 5.25. The van der Waals surface area contributed by atoms with Crippen LogP contribution in [-0.4, -0.2) is 0 Å². The molecular weight excluding hydrogens is 343 g/mol. The maximum absolute atomic E-state index is 14.0. The first-order valence-electron chi connectivity index (χ1n) is 12.1. The average molecular weight is 385 g/mol. The molecule has 0 aromatic heterocycles. The molecule has 0 spiro atoms. The molecule has 2 aliphatic rings. The number of hydrogen-bond acceptors (Lipinski definition) is 0. The molecule has 0 radical (unpaired) electrons. The fraction of sp³-hybridized carbons (Fsp3) is 0.704. The van der Waals surface area contributed by atoms with Crippen LogP contribution in [0.5, 0.6) is 0 Å². The highest BCUT2D eigenvalue weighted by Gasteiger charge is 2.22. The molecule has 2 aliphatic carbocycles. The zero-order valence-electron chi connectivity index (χ0n) is 18.3. The van der Waals surface area contributed by atoms with Crippen LogP contribution in [0.2, 0.25) is 0 Å². The molecule has 1 aromatic rings. The van der Waals surface area contributed by atoms with Crippen LogP contribution in [0.4, 0.5) is 4.39 Å². The summed E-state index contributed by atoms with van der Waals surface area (Å²) < 4.78 is 14.0. The van der Waals surface area contributed by atoms with Crippen molar-refractivity contribution in [1.29, 1.82) is 0 Å². The van der Waals surface area contributed by atoms with Crippen molar-refractivity contribution in [3.8, 4) is 0 Å². The van der Waals surface area contributed by atoms with Gasteiger partial charge in [0.1, 0.15) is 5.82 Å². The monoisotopic (exact) mass is 384 g/mol. The first-order valence-corrected chi connectivity index (χ1v) is 12.1. The highest BCUT2D eigenvalue weighted by Crippen LogP contribution is 2.36. The SMILES string of the molecule is CCC[C@H]1CC[C@H](CCC2CC=C(CCc3ccc(CC)c(F)c3)CC2)CC1. The van der Waals surface area contributed by atoms with Crippen molar-refractivity contribution in [2.75, 3.05) is 0 Å². The summed E-state index contributed by atoms with van der Waals surface area (Å²) in [6.07, 6.45) is 21.0. The third-order valence-corrected chi connectivity index (χ3v) is 7.49. The number of allylic oxidation sites excluding steroid dienone is 2. The molecule has 1 aromatic carbocycles. The van der Waals surface area contributed by atoms with Crippen molar-refractivity contribution in [2.24, 2.45) is 17.8 Å². The third kappa shape index (κ3) is 6.46. The van der Waals surface area contributed by atoms with Crippen LogP contribution in [0.1, 0.15) is 102 Å². The second-order valence-corrected chi connectivity index (χ2v) is 9.53. The predicted molar refractivity (Wildman–Crippen MR) is 119 cm³/mol. The highest BCUT2D eigenvalue weighted by atomic mass is 19.1. The molecule has 3 rings (SSSR count). The lowest BCUT2D eigenvalue weighted by Gasteiger charge is -2.30. The second-order valence-electron chi connectivity index (χ2n) is 9.53. The normalized spacial score (nSPS) is 25.5. The smallest absolute Gasteiger partial charge is 0.126 e. The minimum atomic E-state index is -0.0265. The van der Waals surface area contributed by atoms with Crippen molar-refractivity contribution in [3.63, 3.8) is 0 Å². The minimum Gasteiger partial charge on any atom is -0.207 e. The molecule has 1 heteroatoms. The van der Waals surface area contributed by atoms with Crippen molar-refractivity contribution in [3.05, 3.63) is 46.8 Å². The molecule has 0 nitrogen and oxygen atoms in total. The van der Waals surface area contributed by atoms with Gasteiger partial charge in [-0.2, -0.15) is 0 Å². The van der Waals surface area contributed by atoms with Crippen LogP contribution in [-0.2, 0) is 12.8 Å². The summed E-state index contributed by atoms with van der Waals surface area (Å²) in [6.45, 7) is 4.34. The zero-order chi connectivity index (χ0) is 19.8. The van der Waals surface area contributed by atoms with E-state index in [0.717, 1.165) is 48.1 Å². The lowest BCUT2D eigenvalue weighted by molar-refractivity contribution is 0.236. The van der Waals surface area contributed by atoms with Crippen molar-refractivity contribution < 1.29 is 4.39 Å². The molecule has 1 atom stereocenters. The molecular formula is C27H41F. The molecule has 0 heterocycles. The van der Waals surface area contributed by atoms with Gasteiger partial charge in [0.05, 0.1) is 0 Å². The molecule has 1 saturated carbocycles. The van der Waals surface area contributed by atoms with E-state index >= 15 is 0 Å². The first-order chi connectivity index (χ1) is 13.7. The summed E-state index contributed by atoms with van der Waals surface area (Å²) in [5.41, 5.74) is 3.59. The Kier molecular flexibility index (Phi) is 8.62. The van der Waals surface area contributed by atoms with E-state index in [9.17, 15) is 4.39 Å². The topological polar surface area (TPSA) is 0 Å². The lowest BCUT2D eigenvalue weighted by Crippen LogP contribution is -2.16. The van der Waals surface area contributed by atoms with E-state index in [0.29, 0.717) is 0 Å². The maximum atomic E-state index is 14.0. The van der Waals surface area contributed by atoms with E-state index in [1.807, 2.05) is 13.0 Å². The predicted octanol–water partition coefficient (Wildman–Crippen LogP) is 8.43. The van der Waals surface area contributed by atoms with Crippen molar-refractivity contribution in [2.45, 2.75) is 104 Å². The van der Waals surface area contributed by atoms with Gasteiger partial charge in [-0.15, -0.1) is 0 Å². The second kappa shape index (κ2) is 11.2. The van der Waals surface area contributed by atoms with E-state index < -0.39 is 0 Å². The van der Waals surface area contributed by atoms with Gasteiger partial charge in [0, 0.05) is 0 Å². The third-order valence-electron chi connectivity index (χ3n) is 7.49. The Morgan fingerprint density at radius 2 is 1.57 bits per heavy atom. The Hall–Kier alpha value is -1.11. The number of rotatable bonds is 9. The zero-order valence-corrected chi connectivity index (χ0v) is 18.3. The number of hydrogen-bond donors (Lipinski definition) is 0. The largest absolute Gasteiger partial charge is 0.207 e. The van der Waals surface area contributed by atoms with E-state index in [1.165, 1.54) is 70.6 Å². The van der Waals surface area contributed by atoms with Gasteiger partial charge in [-0.25, -0.2) is 4.39 Å². The van der Waals surface area contributed by atoms with Gasteiger partial charge in [-0.1, -0.05) is 82.6 Å². The van der Waals surface area contributed by atoms with Crippen LogP contribution in [0.3, 0.4) is 0 Å². The average Bonchev–Trinajstić information content (AvgIpc) is 2.73. The Bertz CT molecular complexity index is 621. The standard InChI is InChI=1S/C27H41F/c1-3-5-21-6-8-22(9-7-21)10-11-23-12-14-24(15-13-23)16-17-25-18-19-26(4-2)27(28)20-25/h14,18-23H,3-13,15-17H2,1-2H3/t21-,22-,23?. The van der Waals surface area contributed by atoms with Gasteiger partial charge in [-0.3, -0.25) is 0 Å². The van der Waals surface area contributed by atoms with Gasteiger partial charge < -0.3 is 0 Å². The van der Waals surface area contributed by atoms with Gasteiger partial charge in [0.2, 0.25) is 0 Å². The van der Waals surface area contributed by atoms with Crippen molar-refractivity contribution >= 4 is 0 Å². The molecule has 0 bridgehead atoms. The van der Waals surface area contributed by atoms with E-state index in [1.54, 1.807) is 11.6 Å². The van der Waals surface area contributed by atoms with E-state index in [2.05, 4.69) is 19.1 Å². The number of aryl methyl sites for hydroxylation is 2. The molecule has 0 saturated heterocycles. The van der Waals surface area contributed by atoms with E-state index in [-0.39, 0.29) is 5.82 Å². The van der Waals surface area contributed by atoms with E-state index in [4.69, 9.17) is 0 Å². The summed E-state index contributed by atoms with van der Waals surface area (Å²) in [5, 5.41) is 0. The molecule has 156 valence electrons. The van der Waals surface area contributed by atoms with Crippen LogP contribution < -0.4 is 0 Å². The molecule has 28 heavy (non-hydrogen) atoms. The first kappa shape index (κ1) is 21.6. The maximum Gasteiger partial charge on any atom is 0.126 e.